The van der Waals surface area contributed by atoms with Crippen LogP contribution in [0, 0.1) is 0 Å². The first-order valence-electron chi connectivity index (χ1n) is 9.25. The van der Waals surface area contributed by atoms with E-state index < -0.39 is 44.6 Å². The van der Waals surface area contributed by atoms with Crippen LogP contribution in [0.5, 0.6) is 5.75 Å². The first-order valence-corrected chi connectivity index (χ1v) is 10.7. The average Bonchev–Trinajstić information content (AvgIpc) is 2.72. The van der Waals surface area contributed by atoms with Crippen LogP contribution in [-0.4, -0.2) is 67.1 Å². The molecule has 1 aliphatic rings. The zero-order valence-electron chi connectivity index (χ0n) is 16.5. The van der Waals surface area contributed by atoms with Gasteiger partial charge in [0.15, 0.2) is 0 Å². The Bertz CT molecular complexity index is 773. The number of aliphatic carboxylic acids is 1. The van der Waals surface area contributed by atoms with Crippen molar-refractivity contribution >= 4 is 19.8 Å². The second kappa shape index (κ2) is 11.4. The smallest absolute Gasteiger partial charge is 0.472 e. The molecule has 1 aromatic rings. The second-order valence-corrected chi connectivity index (χ2v) is 7.96. The second-order valence-electron chi connectivity index (χ2n) is 6.56. The van der Waals surface area contributed by atoms with Crippen molar-refractivity contribution in [1.82, 2.24) is 0 Å². The SMILES string of the molecule is COc1ccccc1CCC(=O)OC1CCOC[C@H]1OP(=O)(O)OC[C@H](N)C(=O)O. The molecule has 2 unspecified atom stereocenters. The van der Waals surface area contributed by atoms with Crippen molar-refractivity contribution in [2.75, 3.05) is 26.9 Å². The fourth-order valence-electron chi connectivity index (χ4n) is 2.75. The van der Waals surface area contributed by atoms with E-state index in [1.807, 2.05) is 18.2 Å². The summed E-state index contributed by atoms with van der Waals surface area (Å²) in [5.74, 6) is -1.24. The average molecular weight is 447 g/mol. The van der Waals surface area contributed by atoms with Crippen LogP contribution in [0.15, 0.2) is 24.3 Å². The van der Waals surface area contributed by atoms with Crippen molar-refractivity contribution in [1.29, 1.82) is 0 Å². The summed E-state index contributed by atoms with van der Waals surface area (Å²) in [5, 5.41) is 8.70. The standard InChI is InChI=1S/C18H26NO10P/c1-25-14-5-3-2-4-12(14)6-7-17(20)28-15-8-9-26-11-16(15)29-30(23,24)27-10-13(19)18(21)22/h2-5,13,15-16H,6-11,19H2,1H3,(H,21,22)(H,23,24)/t13-,15?,16+/m0/s1. The maximum atomic E-state index is 12.3. The molecule has 11 nitrogen and oxygen atoms in total. The number of para-hydroxylation sites is 1. The summed E-state index contributed by atoms with van der Waals surface area (Å²) in [6.07, 6.45) is -1.14. The summed E-state index contributed by atoms with van der Waals surface area (Å²) in [4.78, 5) is 32.8. The molecule has 0 bridgehead atoms. The minimum Gasteiger partial charge on any atom is -0.496 e. The van der Waals surface area contributed by atoms with Gasteiger partial charge in [-0.05, 0) is 18.1 Å². The number of esters is 1. The molecule has 0 saturated carbocycles. The Morgan fingerprint density at radius 1 is 1.33 bits per heavy atom. The molecule has 0 aromatic heterocycles. The van der Waals surface area contributed by atoms with Crippen molar-refractivity contribution in [2.45, 2.75) is 37.5 Å². The Balaban J connectivity index is 1.89. The summed E-state index contributed by atoms with van der Waals surface area (Å²) in [5.41, 5.74) is 6.08. The molecule has 0 amide bonds. The maximum absolute atomic E-state index is 12.3. The molecule has 1 aliphatic heterocycles. The van der Waals surface area contributed by atoms with Crippen molar-refractivity contribution < 1.29 is 47.4 Å². The Morgan fingerprint density at radius 2 is 2.07 bits per heavy atom. The molecular weight excluding hydrogens is 421 g/mol. The van der Waals surface area contributed by atoms with Crippen LogP contribution >= 0.6 is 7.82 Å². The minimum absolute atomic E-state index is 0.0746. The number of carbonyl (C=O) groups excluding carboxylic acids is 1. The number of carboxylic acids is 1. The first kappa shape index (κ1) is 24.3. The normalized spacial score (nSPS) is 22.0. The highest BCUT2D eigenvalue weighted by atomic mass is 31.2. The van der Waals surface area contributed by atoms with Gasteiger partial charge in [-0.3, -0.25) is 18.6 Å². The van der Waals surface area contributed by atoms with Gasteiger partial charge in [-0.15, -0.1) is 0 Å². The largest absolute Gasteiger partial charge is 0.496 e. The number of hydrogen-bond donors (Lipinski definition) is 3. The third kappa shape index (κ3) is 7.67. The Labute approximate surface area is 173 Å². The summed E-state index contributed by atoms with van der Waals surface area (Å²) >= 11 is 0. The molecule has 4 N–H and O–H groups in total. The fraction of sp³-hybridized carbons (Fsp3) is 0.556. The van der Waals surface area contributed by atoms with Gasteiger partial charge in [-0.2, -0.15) is 0 Å². The number of rotatable bonds is 11. The van der Waals surface area contributed by atoms with Gasteiger partial charge in [-0.25, -0.2) is 4.57 Å². The lowest BCUT2D eigenvalue weighted by molar-refractivity contribution is -0.164. The highest BCUT2D eigenvalue weighted by Gasteiger charge is 2.37. The van der Waals surface area contributed by atoms with Crippen LogP contribution in [-0.2, 0) is 39.1 Å². The van der Waals surface area contributed by atoms with E-state index in [9.17, 15) is 19.0 Å². The number of phosphoric ester groups is 1. The first-order chi connectivity index (χ1) is 14.2. The van der Waals surface area contributed by atoms with Crippen LogP contribution < -0.4 is 10.5 Å². The highest BCUT2D eigenvalue weighted by Crippen LogP contribution is 2.46. The molecule has 0 radical (unpaired) electrons. The quantitative estimate of drug-likeness (QED) is 0.326. The molecule has 0 aliphatic carbocycles. The molecule has 30 heavy (non-hydrogen) atoms. The van der Waals surface area contributed by atoms with Crippen LogP contribution in [0.2, 0.25) is 0 Å². The van der Waals surface area contributed by atoms with Crippen molar-refractivity contribution in [3.63, 3.8) is 0 Å². The number of nitrogens with two attached hydrogens (primary N) is 1. The number of carboxylic acid groups (broad SMARTS) is 1. The van der Waals surface area contributed by atoms with E-state index >= 15 is 0 Å². The molecule has 1 heterocycles. The van der Waals surface area contributed by atoms with E-state index in [0.29, 0.717) is 12.2 Å². The van der Waals surface area contributed by atoms with E-state index in [0.717, 1.165) is 5.56 Å². The molecule has 168 valence electrons. The number of carbonyl (C=O) groups is 2. The monoisotopic (exact) mass is 447 g/mol. The summed E-state index contributed by atoms with van der Waals surface area (Å²) in [7, 11) is -3.10. The predicted molar refractivity (Wildman–Crippen MR) is 103 cm³/mol. The van der Waals surface area contributed by atoms with Gasteiger partial charge >= 0.3 is 19.8 Å². The summed E-state index contributed by atoms with van der Waals surface area (Å²) < 4.78 is 37.6. The van der Waals surface area contributed by atoms with E-state index in [2.05, 4.69) is 4.52 Å². The Kier molecular flexibility index (Phi) is 9.22. The molecule has 0 spiro atoms. The van der Waals surface area contributed by atoms with Crippen LogP contribution in [0.3, 0.4) is 0 Å². The van der Waals surface area contributed by atoms with Gasteiger partial charge in [0.25, 0.3) is 0 Å². The topological polar surface area (TPSA) is 164 Å². The Morgan fingerprint density at radius 3 is 2.77 bits per heavy atom. The zero-order valence-corrected chi connectivity index (χ0v) is 17.4. The molecule has 12 heteroatoms. The van der Waals surface area contributed by atoms with E-state index in [1.54, 1.807) is 13.2 Å². The molecule has 4 atom stereocenters. The van der Waals surface area contributed by atoms with Gasteiger partial charge in [0.05, 0.1) is 26.9 Å². The summed E-state index contributed by atoms with van der Waals surface area (Å²) in [6, 6.07) is 5.80. The molecular formula is C18H26NO10P. The Hall–Kier alpha value is -2.01. The number of methoxy groups -OCH3 is 1. The van der Waals surface area contributed by atoms with Gasteiger partial charge in [-0.1, -0.05) is 18.2 Å². The van der Waals surface area contributed by atoms with E-state index in [1.165, 1.54) is 0 Å². The maximum Gasteiger partial charge on any atom is 0.472 e. The number of aryl methyl sites for hydroxylation is 1. The van der Waals surface area contributed by atoms with Gasteiger partial charge in [0.1, 0.15) is 24.0 Å². The van der Waals surface area contributed by atoms with Crippen LogP contribution in [0.1, 0.15) is 18.4 Å². The lowest BCUT2D eigenvalue weighted by Gasteiger charge is -2.31. The lowest BCUT2D eigenvalue weighted by Crippen LogP contribution is -2.41. The number of benzene rings is 1. The van der Waals surface area contributed by atoms with Crippen LogP contribution in [0.25, 0.3) is 0 Å². The number of ether oxygens (including phenoxy) is 3. The third-order valence-corrected chi connectivity index (χ3v) is 5.33. The molecule has 1 fully saturated rings. The zero-order chi connectivity index (χ0) is 22.1. The molecule has 2 rings (SSSR count). The lowest BCUT2D eigenvalue weighted by atomic mass is 10.1. The summed E-state index contributed by atoms with van der Waals surface area (Å²) in [6.45, 7) is -0.534. The van der Waals surface area contributed by atoms with E-state index in [4.69, 9.17) is 29.6 Å². The van der Waals surface area contributed by atoms with Gasteiger partial charge < -0.3 is 29.9 Å². The molecule has 1 saturated heterocycles. The van der Waals surface area contributed by atoms with Crippen molar-refractivity contribution in [3.05, 3.63) is 29.8 Å². The van der Waals surface area contributed by atoms with Gasteiger partial charge in [0, 0.05) is 12.8 Å². The van der Waals surface area contributed by atoms with Crippen molar-refractivity contribution in [3.8, 4) is 5.75 Å². The van der Waals surface area contributed by atoms with Crippen LogP contribution in [0.4, 0.5) is 0 Å². The minimum atomic E-state index is -4.64. The number of hydrogen-bond acceptors (Lipinski definition) is 9. The van der Waals surface area contributed by atoms with E-state index in [-0.39, 0.29) is 26.1 Å². The third-order valence-electron chi connectivity index (χ3n) is 4.32. The fourth-order valence-corrected chi connectivity index (χ4v) is 3.70. The number of phosphoric acid groups is 1. The predicted octanol–water partition coefficient (Wildman–Crippen LogP) is 0.874. The highest BCUT2D eigenvalue weighted by molar-refractivity contribution is 7.47. The molecule has 1 aromatic carbocycles. The van der Waals surface area contributed by atoms with Crippen molar-refractivity contribution in [2.24, 2.45) is 5.73 Å². The van der Waals surface area contributed by atoms with Gasteiger partial charge in [0.2, 0.25) is 0 Å².